The van der Waals surface area contributed by atoms with Crippen molar-refractivity contribution in [1.82, 2.24) is 5.16 Å². The number of alkyl halides is 1. The van der Waals surface area contributed by atoms with Gasteiger partial charge in [-0.25, -0.2) is 0 Å². The Labute approximate surface area is 135 Å². The largest absolute Gasteiger partial charge is 0.481 e. The van der Waals surface area contributed by atoms with Crippen molar-refractivity contribution in [3.8, 4) is 11.3 Å². The molecule has 0 radical (unpaired) electrons. The number of hydrogen-bond acceptors (Lipinski definition) is 3. The molecule has 0 saturated carbocycles. The molecule has 110 valence electrons. The van der Waals surface area contributed by atoms with Gasteiger partial charge < -0.3 is 9.63 Å². The molecule has 3 rings (SSSR count). The van der Waals surface area contributed by atoms with E-state index in [1.807, 2.05) is 12.1 Å². The van der Waals surface area contributed by atoms with Crippen LogP contribution in [-0.2, 0) is 11.2 Å². The summed E-state index contributed by atoms with van der Waals surface area (Å²) < 4.78 is 5.43. The third-order valence-corrected chi connectivity index (χ3v) is 4.95. The van der Waals surface area contributed by atoms with Crippen molar-refractivity contribution in [2.45, 2.75) is 24.1 Å². The molecule has 6 heteroatoms. The number of carboxylic acids is 1. The van der Waals surface area contributed by atoms with Gasteiger partial charge in [-0.2, -0.15) is 0 Å². The molecule has 0 saturated heterocycles. The van der Waals surface area contributed by atoms with Crippen LogP contribution in [0.5, 0.6) is 0 Å². The predicted molar refractivity (Wildman–Crippen MR) is 82.7 cm³/mol. The number of rotatable bonds is 2. The lowest BCUT2D eigenvalue weighted by atomic mass is 10.0. The molecule has 4 nitrogen and oxygen atoms in total. The zero-order valence-electron chi connectivity index (χ0n) is 11.1. The van der Waals surface area contributed by atoms with Crippen LogP contribution in [0.4, 0.5) is 0 Å². The lowest BCUT2D eigenvalue weighted by Crippen LogP contribution is -2.15. The summed E-state index contributed by atoms with van der Waals surface area (Å²) in [5, 5.41) is 14.0. The van der Waals surface area contributed by atoms with Crippen molar-refractivity contribution in [1.29, 1.82) is 0 Å². The Morgan fingerprint density at radius 1 is 1.33 bits per heavy atom. The van der Waals surface area contributed by atoms with Crippen molar-refractivity contribution >= 4 is 33.5 Å². The van der Waals surface area contributed by atoms with E-state index in [1.165, 1.54) is 0 Å². The summed E-state index contributed by atoms with van der Waals surface area (Å²) in [6, 6.07) is 7.38. The van der Waals surface area contributed by atoms with Gasteiger partial charge in [-0.1, -0.05) is 44.8 Å². The summed E-state index contributed by atoms with van der Waals surface area (Å²) in [6.45, 7) is 0. The summed E-state index contributed by atoms with van der Waals surface area (Å²) in [5.41, 5.74) is 2.64. The average molecular weight is 371 g/mol. The molecule has 0 spiro atoms. The molecule has 1 aliphatic rings. The van der Waals surface area contributed by atoms with E-state index in [2.05, 4.69) is 21.1 Å². The number of hydrogen-bond donors (Lipinski definition) is 1. The van der Waals surface area contributed by atoms with Gasteiger partial charge in [-0.15, -0.1) is 0 Å². The van der Waals surface area contributed by atoms with Gasteiger partial charge in [0.25, 0.3) is 0 Å². The first-order valence-corrected chi connectivity index (χ1v) is 7.97. The maximum Gasteiger partial charge on any atom is 0.306 e. The van der Waals surface area contributed by atoms with Gasteiger partial charge in [0.2, 0.25) is 0 Å². The highest BCUT2D eigenvalue weighted by molar-refractivity contribution is 9.09. The molecule has 1 aliphatic carbocycles. The normalized spacial score (nSPS) is 21.6. The Bertz CT molecular complexity index is 668. The van der Waals surface area contributed by atoms with Gasteiger partial charge >= 0.3 is 5.97 Å². The molecule has 2 atom stereocenters. The zero-order chi connectivity index (χ0) is 15.0. The van der Waals surface area contributed by atoms with Crippen LogP contribution in [-0.4, -0.2) is 16.2 Å². The Morgan fingerprint density at radius 3 is 2.71 bits per heavy atom. The van der Waals surface area contributed by atoms with Crippen LogP contribution in [0.3, 0.4) is 0 Å². The summed E-state index contributed by atoms with van der Waals surface area (Å²) in [7, 11) is 0. The van der Waals surface area contributed by atoms with Crippen molar-refractivity contribution in [3.05, 3.63) is 40.6 Å². The molecule has 21 heavy (non-hydrogen) atoms. The summed E-state index contributed by atoms with van der Waals surface area (Å²) >= 11 is 9.54. The van der Waals surface area contributed by atoms with E-state index < -0.39 is 11.9 Å². The van der Waals surface area contributed by atoms with Gasteiger partial charge in [0.15, 0.2) is 0 Å². The highest BCUT2D eigenvalue weighted by Gasteiger charge is 2.32. The summed E-state index contributed by atoms with van der Waals surface area (Å²) in [4.78, 5) is 11.3. The number of carbonyl (C=O) groups is 1. The van der Waals surface area contributed by atoms with E-state index in [1.54, 1.807) is 12.1 Å². The van der Waals surface area contributed by atoms with Gasteiger partial charge in [0.05, 0.1) is 5.92 Å². The fraction of sp³-hybridized carbons (Fsp3) is 0.333. The van der Waals surface area contributed by atoms with E-state index in [0.717, 1.165) is 23.2 Å². The van der Waals surface area contributed by atoms with Gasteiger partial charge in [-0.3, -0.25) is 4.79 Å². The minimum atomic E-state index is -0.785. The number of fused-ring (bicyclic) bond motifs is 1. The molecule has 0 fully saturated rings. The van der Waals surface area contributed by atoms with Gasteiger partial charge in [-0.05, 0) is 25.0 Å². The molecular weight excluding hydrogens is 358 g/mol. The molecule has 0 aliphatic heterocycles. The maximum absolute atomic E-state index is 11.2. The first-order valence-electron chi connectivity index (χ1n) is 6.67. The molecule has 2 unspecified atom stereocenters. The van der Waals surface area contributed by atoms with Crippen LogP contribution >= 0.6 is 27.5 Å². The molecule has 0 bridgehead atoms. The second kappa shape index (κ2) is 5.81. The fourth-order valence-corrected chi connectivity index (χ4v) is 3.51. The van der Waals surface area contributed by atoms with E-state index in [0.29, 0.717) is 23.6 Å². The lowest BCUT2D eigenvalue weighted by Gasteiger charge is -2.08. The van der Waals surface area contributed by atoms with E-state index >= 15 is 0 Å². The van der Waals surface area contributed by atoms with Crippen LogP contribution in [0.25, 0.3) is 11.3 Å². The van der Waals surface area contributed by atoms with Crippen molar-refractivity contribution < 1.29 is 14.4 Å². The SMILES string of the molecule is O=C(O)C1CCC(Br)c2c(-c3ccc(Cl)cc3)noc2C1. The molecule has 2 aromatic rings. The van der Waals surface area contributed by atoms with Crippen LogP contribution in [0.2, 0.25) is 5.02 Å². The van der Waals surface area contributed by atoms with E-state index in [9.17, 15) is 9.90 Å². The van der Waals surface area contributed by atoms with Gasteiger partial charge in [0, 0.05) is 27.4 Å². The quantitative estimate of drug-likeness (QED) is 0.626. The maximum atomic E-state index is 11.2. The molecule has 1 heterocycles. The number of aromatic nitrogens is 1. The molecule has 1 N–H and O–H groups in total. The van der Waals surface area contributed by atoms with E-state index in [4.69, 9.17) is 16.1 Å². The fourth-order valence-electron chi connectivity index (χ4n) is 2.65. The minimum Gasteiger partial charge on any atom is -0.481 e. The number of benzene rings is 1. The highest BCUT2D eigenvalue weighted by Crippen LogP contribution is 2.42. The standard InChI is InChI=1S/C15H13BrClNO3/c16-11-6-3-9(15(19)20)7-12-13(11)14(18-21-12)8-1-4-10(17)5-2-8/h1-2,4-5,9,11H,3,6-7H2,(H,19,20). The van der Waals surface area contributed by atoms with E-state index in [-0.39, 0.29) is 4.83 Å². The second-order valence-electron chi connectivity index (χ2n) is 5.16. The predicted octanol–water partition coefficient (Wildman–Crippen LogP) is 4.47. The Hall–Kier alpha value is -1.33. The van der Waals surface area contributed by atoms with Crippen LogP contribution in [0, 0.1) is 5.92 Å². The first kappa shape index (κ1) is 14.6. The van der Waals surface area contributed by atoms with Crippen LogP contribution in [0.15, 0.2) is 28.8 Å². The van der Waals surface area contributed by atoms with Crippen LogP contribution < -0.4 is 0 Å². The number of halogens is 2. The third-order valence-electron chi connectivity index (χ3n) is 3.78. The highest BCUT2D eigenvalue weighted by atomic mass is 79.9. The summed E-state index contributed by atoms with van der Waals surface area (Å²) in [5.74, 6) is -0.545. The molecule has 1 aromatic heterocycles. The van der Waals surface area contributed by atoms with Crippen molar-refractivity contribution in [2.75, 3.05) is 0 Å². The van der Waals surface area contributed by atoms with Crippen molar-refractivity contribution in [2.24, 2.45) is 5.92 Å². The summed E-state index contributed by atoms with van der Waals surface area (Å²) in [6.07, 6.45) is 1.74. The van der Waals surface area contributed by atoms with Gasteiger partial charge in [0.1, 0.15) is 11.5 Å². The lowest BCUT2D eigenvalue weighted by molar-refractivity contribution is -0.142. The Kier molecular flexibility index (Phi) is 4.04. The molecule has 1 aromatic carbocycles. The number of aliphatic carboxylic acids is 1. The molecule has 0 amide bonds. The number of carboxylic acid groups (broad SMARTS) is 1. The van der Waals surface area contributed by atoms with Crippen molar-refractivity contribution in [3.63, 3.8) is 0 Å². The second-order valence-corrected chi connectivity index (χ2v) is 6.70. The average Bonchev–Trinajstić information content (AvgIpc) is 2.79. The number of nitrogens with zero attached hydrogens (tertiary/aromatic N) is 1. The molecular formula is C15H13BrClNO3. The Balaban J connectivity index is 2.03. The topological polar surface area (TPSA) is 63.3 Å². The van der Waals surface area contributed by atoms with Crippen LogP contribution in [0.1, 0.15) is 29.0 Å². The smallest absolute Gasteiger partial charge is 0.306 e. The third kappa shape index (κ3) is 2.85. The minimum absolute atomic E-state index is 0.0498. The Morgan fingerprint density at radius 2 is 2.05 bits per heavy atom. The monoisotopic (exact) mass is 369 g/mol. The first-order chi connectivity index (χ1) is 10.1. The zero-order valence-corrected chi connectivity index (χ0v) is 13.4.